The van der Waals surface area contributed by atoms with Crippen LogP contribution in [0.15, 0.2) is 24.3 Å². The zero-order valence-corrected chi connectivity index (χ0v) is 16.0. The first-order chi connectivity index (χ1) is 12.0. The van der Waals surface area contributed by atoms with Crippen molar-refractivity contribution in [2.45, 2.75) is 40.0 Å². The first-order valence-corrected chi connectivity index (χ1v) is 9.47. The summed E-state index contributed by atoms with van der Waals surface area (Å²) in [7, 11) is 0. The Morgan fingerprint density at radius 2 is 1.80 bits per heavy atom. The van der Waals surface area contributed by atoms with Gasteiger partial charge in [-0.25, -0.2) is 0 Å². The van der Waals surface area contributed by atoms with E-state index in [1.54, 1.807) is 0 Å². The molecule has 2 aromatic carbocycles. The van der Waals surface area contributed by atoms with E-state index in [0.717, 1.165) is 30.4 Å². The van der Waals surface area contributed by atoms with Gasteiger partial charge in [0.2, 0.25) is 0 Å². The molecule has 0 N–H and O–H groups in total. The highest BCUT2D eigenvalue weighted by Crippen LogP contribution is 2.42. The summed E-state index contributed by atoms with van der Waals surface area (Å²) < 4.78 is 11.4. The maximum absolute atomic E-state index is 6.63. The van der Waals surface area contributed by atoms with Gasteiger partial charge >= 0.3 is 0 Å². The van der Waals surface area contributed by atoms with Crippen molar-refractivity contribution in [1.29, 1.82) is 0 Å². The second kappa shape index (κ2) is 6.34. The predicted octanol–water partition coefficient (Wildman–Crippen LogP) is 5.53. The monoisotopic (exact) mass is 356 g/mol. The van der Waals surface area contributed by atoms with Crippen LogP contribution in [0.1, 0.15) is 35.6 Å². The van der Waals surface area contributed by atoms with Crippen LogP contribution in [0.2, 0.25) is 5.02 Å². The normalized spacial score (nSPS) is 17.9. The maximum Gasteiger partial charge on any atom is 0.119 e. The molecule has 0 radical (unpaired) electrons. The third-order valence-electron chi connectivity index (χ3n) is 5.48. The summed E-state index contributed by atoms with van der Waals surface area (Å²) in [6.45, 7) is 8.80. The van der Waals surface area contributed by atoms with Crippen LogP contribution in [0.3, 0.4) is 0 Å². The molecule has 25 heavy (non-hydrogen) atoms. The van der Waals surface area contributed by atoms with E-state index >= 15 is 0 Å². The Hall–Kier alpha value is -1.51. The third kappa shape index (κ3) is 3.07. The van der Waals surface area contributed by atoms with Crippen LogP contribution in [-0.4, -0.2) is 19.8 Å². The summed E-state index contributed by atoms with van der Waals surface area (Å²) in [6.07, 6.45) is 3.52. The highest BCUT2D eigenvalue weighted by Gasteiger charge is 2.34. The summed E-state index contributed by atoms with van der Waals surface area (Å²) in [4.78, 5) is 0. The number of benzene rings is 2. The minimum absolute atomic E-state index is 0.157. The average molecular weight is 357 g/mol. The van der Waals surface area contributed by atoms with E-state index in [0.29, 0.717) is 6.61 Å². The van der Waals surface area contributed by atoms with Gasteiger partial charge in [-0.3, -0.25) is 0 Å². The first-order valence-electron chi connectivity index (χ1n) is 9.09. The van der Waals surface area contributed by atoms with Crippen LogP contribution < -0.4 is 4.74 Å². The van der Waals surface area contributed by atoms with E-state index in [-0.39, 0.29) is 5.41 Å². The fourth-order valence-corrected chi connectivity index (χ4v) is 4.37. The number of aryl methyl sites for hydroxylation is 3. The molecule has 1 fully saturated rings. The zero-order valence-electron chi connectivity index (χ0n) is 15.2. The van der Waals surface area contributed by atoms with Crippen LogP contribution in [0.5, 0.6) is 5.75 Å². The predicted molar refractivity (Wildman–Crippen MR) is 103 cm³/mol. The van der Waals surface area contributed by atoms with Crippen molar-refractivity contribution in [3.05, 3.63) is 51.5 Å². The highest BCUT2D eigenvalue weighted by molar-refractivity contribution is 6.33. The van der Waals surface area contributed by atoms with E-state index < -0.39 is 0 Å². The summed E-state index contributed by atoms with van der Waals surface area (Å²) in [6, 6.07) is 8.55. The van der Waals surface area contributed by atoms with Crippen LogP contribution in [0.25, 0.3) is 11.1 Å². The van der Waals surface area contributed by atoms with Gasteiger partial charge in [-0.2, -0.15) is 0 Å². The largest absolute Gasteiger partial charge is 0.493 e. The molecule has 1 aliphatic carbocycles. The van der Waals surface area contributed by atoms with Gasteiger partial charge in [-0.15, -0.1) is 0 Å². The summed E-state index contributed by atoms with van der Waals surface area (Å²) in [5.74, 6) is 0.940. The molecule has 4 rings (SSSR count). The molecule has 3 heteroatoms. The van der Waals surface area contributed by atoms with Crippen molar-refractivity contribution >= 4 is 11.6 Å². The van der Waals surface area contributed by atoms with Gasteiger partial charge in [0.1, 0.15) is 5.75 Å². The van der Waals surface area contributed by atoms with E-state index in [1.807, 2.05) is 0 Å². The fraction of sp³-hybridized carbons (Fsp3) is 0.455. The van der Waals surface area contributed by atoms with Crippen LogP contribution in [0, 0.1) is 19.3 Å². The van der Waals surface area contributed by atoms with Crippen molar-refractivity contribution in [2.75, 3.05) is 19.8 Å². The van der Waals surface area contributed by atoms with E-state index in [4.69, 9.17) is 21.1 Å². The Labute approximate surface area is 155 Å². The number of ether oxygens (including phenoxy) is 2. The molecule has 0 unspecified atom stereocenters. The second-order valence-corrected chi connectivity index (χ2v) is 8.35. The molecule has 1 saturated heterocycles. The van der Waals surface area contributed by atoms with Crippen LogP contribution >= 0.6 is 11.6 Å². The van der Waals surface area contributed by atoms with Gasteiger partial charge in [0.25, 0.3) is 0 Å². The Morgan fingerprint density at radius 1 is 1.08 bits per heavy atom. The molecule has 2 aliphatic rings. The average Bonchev–Trinajstić information content (AvgIpc) is 3.01. The molecule has 0 aromatic heterocycles. The number of halogens is 1. The Kier molecular flexibility index (Phi) is 4.29. The maximum atomic E-state index is 6.63. The summed E-state index contributed by atoms with van der Waals surface area (Å²) in [5.41, 5.74) is 8.01. The minimum Gasteiger partial charge on any atom is -0.493 e. The topological polar surface area (TPSA) is 18.5 Å². The van der Waals surface area contributed by atoms with Crippen molar-refractivity contribution < 1.29 is 9.47 Å². The molecule has 2 aromatic rings. The lowest BCUT2D eigenvalue weighted by atomic mass is 9.89. The standard InChI is InChI=1S/C22H25ClO2/c1-14-9-17(25-13-22(3)11-24-12-22)10-15(2)20(14)21-18-6-4-5-16(18)7-8-19(21)23/h7-10H,4-6,11-13H2,1-3H3. The zero-order chi connectivity index (χ0) is 17.6. The molecule has 2 nitrogen and oxygen atoms in total. The SMILES string of the molecule is Cc1cc(OCC2(C)COC2)cc(C)c1-c1c(Cl)ccc2c1CCC2. The molecular weight excluding hydrogens is 332 g/mol. The van der Waals surface area contributed by atoms with Gasteiger partial charge in [0.05, 0.1) is 19.8 Å². The Balaban J connectivity index is 1.69. The first kappa shape index (κ1) is 16.9. The number of fused-ring (bicyclic) bond motifs is 1. The lowest BCUT2D eigenvalue weighted by molar-refractivity contribution is -0.120. The van der Waals surface area contributed by atoms with Crippen molar-refractivity contribution in [3.8, 4) is 16.9 Å². The van der Waals surface area contributed by atoms with Gasteiger partial charge < -0.3 is 9.47 Å². The number of hydrogen-bond donors (Lipinski definition) is 0. The summed E-state index contributed by atoms with van der Waals surface area (Å²) in [5, 5.41) is 0.861. The molecule has 1 aliphatic heterocycles. The quantitative estimate of drug-likeness (QED) is 0.717. The summed E-state index contributed by atoms with van der Waals surface area (Å²) >= 11 is 6.63. The van der Waals surface area contributed by atoms with Gasteiger partial charge in [0, 0.05) is 16.0 Å². The number of hydrogen-bond acceptors (Lipinski definition) is 2. The van der Waals surface area contributed by atoms with Crippen molar-refractivity contribution in [2.24, 2.45) is 5.41 Å². The van der Waals surface area contributed by atoms with Gasteiger partial charge in [-0.05, 0) is 79.1 Å². The molecule has 0 saturated carbocycles. The number of rotatable bonds is 4. The Bertz CT molecular complexity index is 798. The molecule has 132 valence electrons. The third-order valence-corrected chi connectivity index (χ3v) is 5.79. The smallest absolute Gasteiger partial charge is 0.119 e. The fourth-order valence-electron chi connectivity index (χ4n) is 4.10. The Morgan fingerprint density at radius 3 is 2.44 bits per heavy atom. The van der Waals surface area contributed by atoms with E-state index in [1.165, 1.54) is 46.2 Å². The minimum atomic E-state index is 0.157. The van der Waals surface area contributed by atoms with Crippen LogP contribution in [-0.2, 0) is 17.6 Å². The molecular formula is C22H25ClO2. The lowest BCUT2D eigenvalue weighted by Crippen LogP contribution is -2.44. The van der Waals surface area contributed by atoms with E-state index in [9.17, 15) is 0 Å². The van der Waals surface area contributed by atoms with Crippen LogP contribution in [0.4, 0.5) is 0 Å². The molecule has 0 amide bonds. The van der Waals surface area contributed by atoms with E-state index in [2.05, 4.69) is 45.0 Å². The van der Waals surface area contributed by atoms with Gasteiger partial charge in [0.15, 0.2) is 0 Å². The molecule has 0 spiro atoms. The molecule has 0 atom stereocenters. The lowest BCUT2D eigenvalue weighted by Gasteiger charge is -2.37. The second-order valence-electron chi connectivity index (χ2n) is 7.94. The highest BCUT2D eigenvalue weighted by atomic mass is 35.5. The van der Waals surface area contributed by atoms with Crippen molar-refractivity contribution in [1.82, 2.24) is 0 Å². The van der Waals surface area contributed by atoms with Crippen molar-refractivity contribution in [3.63, 3.8) is 0 Å². The molecule has 1 heterocycles. The van der Waals surface area contributed by atoms with Gasteiger partial charge in [-0.1, -0.05) is 24.6 Å². The molecule has 0 bridgehead atoms.